The number of rotatable bonds is 5. The molecule has 0 atom stereocenters. The fourth-order valence-electron chi connectivity index (χ4n) is 4.02. The van der Waals surface area contributed by atoms with Crippen molar-refractivity contribution in [2.45, 2.75) is 18.4 Å². The van der Waals surface area contributed by atoms with Crippen molar-refractivity contribution in [3.05, 3.63) is 76.5 Å². The molecule has 0 spiro atoms. The van der Waals surface area contributed by atoms with Crippen molar-refractivity contribution in [2.24, 2.45) is 0 Å². The Morgan fingerprint density at radius 1 is 0.970 bits per heavy atom. The summed E-state index contributed by atoms with van der Waals surface area (Å²) < 4.78 is 41.5. The number of hydrogen-bond donors (Lipinski definition) is 0. The van der Waals surface area contributed by atoms with Crippen molar-refractivity contribution >= 4 is 32.3 Å². The molecule has 0 N–H and O–H groups in total. The van der Waals surface area contributed by atoms with Gasteiger partial charge in [0.1, 0.15) is 15.7 Å². The highest BCUT2D eigenvalue weighted by Crippen LogP contribution is 2.27. The number of pyridine rings is 1. The van der Waals surface area contributed by atoms with Crippen LogP contribution in [0.2, 0.25) is 0 Å². The standard InChI is InChI=1S/C24H23FN4O2S2/c1-17-5-6-19-3-2-4-22(24(19)26-17)33(30,31)29-13-11-28(12-14-29)15-23-27-21(16-32-23)18-7-9-20(25)10-8-18/h2-10,16H,11-15H2,1H3. The summed E-state index contributed by atoms with van der Waals surface area (Å²) in [5.74, 6) is -0.267. The summed E-state index contributed by atoms with van der Waals surface area (Å²) in [7, 11) is -3.64. The molecule has 170 valence electrons. The summed E-state index contributed by atoms with van der Waals surface area (Å²) in [4.78, 5) is 11.6. The number of aromatic nitrogens is 2. The summed E-state index contributed by atoms with van der Waals surface area (Å²) in [6, 6.07) is 15.4. The van der Waals surface area contributed by atoms with E-state index in [9.17, 15) is 12.8 Å². The maximum absolute atomic E-state index is 13.4. The van der Waals surface area contributed by atoms with Gasteiger partial charge in [-0.1, -0.05) is 18.2 Å². The van der Waals surface area contributed by atoms with Crippen molar-refractivity contribution < 1.29 is 12.8 Å². The SMILES string of the molecule is Cc1ccc2cccc(S(=O)(=O)N3CCN(Cc4nc(-c5ccc(F)cc5)cs4)CC3)c2n1. The van der Waals surface area contributed by atoms with Crippen molar-refractivity contribution in [1.82, 2.24) is 19.2 Å². The largest absolute Gasteiger partial charge is 0.294 e. The van der Waals surface area contributed by atoms with Gasteiger partial charge in [0.25, 0.3) is 0 Å². The number of thiazole rings is 1. The molecule has 1 aliphatic rings. The Kier molecular flexibility index (Phi) is 5.96. The number of benzene rings is 2. The van der Waals surface area contributed by atoms with Gasteiger partial charge in [0.15, 0.2) is 0 Å². The van der Waals surface area contributed by atoms with Crippen LogP contribution in [0.5, 0.6) is 0 Å². The van der Waals surface area contributed by atoms with E-state index in [0.29, 0.717) is 38.2 Å². The first-order valence-corrected chi connectivity index (χ1v) is 13.0. The van der Waals surface area contributed by atoms with E-state index in [1.165, 1.54) is 12.1 Å². The molecule has 0 bridgehead atoms. The number of aryl methyl sites for hydroxylation is 1. The maximum Gasteiger partial charge on any atom is 0.245 e. The Bertz CT molecular complexity index is 1400. The van der Waals surface area contributed by atoms with Crippen LogP contribution in [-0.4, -0.2) is 53.8 Å². The molecule has 4 aromatic rings. The quantitative estimate of drug-likeness (QED) is 0.424. The van der Waals surface area contributed by atoms with Gasteiger partial charge >= 0.3 is 0 Å². The molecule has 1 aliphatic heterocycles. The summed E-state index contributed by atoms with van der Waals surface area (Å²) >= 11 is 1.56. The number of halogens is 1. The zero-order chi connectivity index (χ0) is 23.0. The van der Waals surface area contributed by atoms with Gasteiger partial charge < -0.3 is 0 Å². The molecule has 1 fully saturated rings. The topological polar surface area (TPSA) is 66.4 Å². The molecule has 2 aromatic heterocycles. The summed E-state index contributed by atoms with van der Waals surface area (Å²) in [6.45, 7) is 4.61. The van der Waals surface area contributed by atoms with Gasteiger partial charge in [0.05, 0.1) is 17.8 Å². The summed E-state index contributed by atoms with van der Waals surface area (Å²) in [5.41, 5.74) is 3.03. The monoisotopic (exact) mass is 482 g/mol. The molecule has 33 heavy (non-hydrogen) atoms. The molecule has 3 heterocycles. The zero-order valence-corrected chi connectivity index (χ0v) is 19.7. The second-order valence-corrected chi connectivity index (χ2v) is 10.9. The highest BCUT2D eigenvalue weighted by atomic mass is 32.2. The van der Waals surface area contributed by atoms with E-state index < -0.39 is 10.0 Å². The molecule has 0 aliphatic carbocycles. The third-order valence-electron chi connectivity index (χ3n) is 5.82. The minimum absolute atomic E-state index is 0.265. The summed E-state index contributed by atoms with van der Waals surface area (Å²) in [5, 5.41) is 3.75. The smallest absolute Gasteiger partial charge is 0.245 e. The van der Waals surface area contributed by atoms with E-state index in [-0.39, 0.29) is 10.7 Å². The van der Waals surface area contributed by atoms with Crippen LogP contribution in [0, 0.1) is 12.7 Å². The van der Waals surface area contributed by atoms with Crippen molar-refractivity contribution in [3.63, 3.8) is 0 Å². The third-order valence-corrected chi connectivity index (χ3v) is 8.59. The van der Waals surface area contributed by atoms with Crippen molar-refractivity contribution in [1.29, 1.82) is 0 Å². The molecule has 0 saturated carbocycles. The van der Waals surface area contributed by atoms with E-state index in [2.05, 4.69) is 14.9 Å². The average Bonchev–Trinajstić information content (AvgIpc) is 3.28. The van der Waals surface area contributed by atoms with Gasteiger partial charge in [0.2, 0.25) is 10.0 Å². The second kappa shape index (κ2) is 8.90. The lowest BCUT2D eigenvalue weighted by atomic mass is 10.2. The van der Waals surface area contributed by atoms with E-state index in [1.54, 1.807) is 39.9 Å². The Hall–Kier alpha value is -2.72. The Labute approximate surface area is 196 Å². The first kappa shape index (κ1) is 22.1. The molecular formula is C24H23FN4O2S2. The average molecular weight is 483 g/mol. The summed E-state index contributed by atoms with van der Waals surface area (Å²) in [6.07, 6.45) is 0. The molecule has 5 rings (SSSR count). The second-order valence-electron chi connectivity index (χ2n) is 8.09. The molecule has 0 unspecified atom stereocenters. The molecular weight excluding hydrogens is 459 g/mol. The lowest BCUT2D eigenvalue weighted by Crippen LogP contribution is -2.48. The highest BCUT2D eigenvalue weighted by Gasteiger charge is 2.30. The Morgan fingerprint density at radius 3 is 2.48 bits per heavy atom. The number of fused-ring (bicyclic) bond motifs is 1. The van der Waals surface area contributed by atoms with E-state index in [1.807, 2.05) is 30.5 Å². The van der Waals surface area contributed by atoms with Gasteiger partial charge in [0, 0.05) is 48.2 Å². The molecule has 9 heteroatoms. The maximum atomic E-state index is 13.4. The fourth-order valence-corrected chi connectivity index (χ4v) is 6.45. The molecule has 2 aromatic carbocycles. The van der Waals surface area contributed by atoms with E-state index >= 15 is 0 Å². The van der Waals surface area contributed by atoms with E-state index in [4.69, 9.17) is 0 Å². The molecule has 0 radical (unpaired) electrons. The van der Waals surface area contributed by atoms with Crippen LogP contribution in [0.25, 0.3) is 22.2 Å². The van der Waals surface area contributed by atoms with E-state index in [0.717, 1.165) is 27.3 Å². The van der Waals surface area contributed by atoms with Crippen molar-refractivity contribution in [3.8, 4) is 11.3 Å². The van der Waals surface area contributed by atoms with Crippen LogP contribution in [0.1, 0.15) is 10.7 Å². The molecule has 6 nitrogen and oxygen atoms in total. The number of para-hydroxylation sites is 1. The normalized spacial score (nSPS) is 15.8. The lowest BCUT2D eigenvalue weighted by molar-refractivity contribution is 0.181. The predicted octanol–water partition coefficient (Wildman–Crippen LogP) is 4.31. The van der Waals surface area contributed by atoms with Gasteiger partial charge in [-0.2, -0.15) is 4.31 Å². The Balaban J connectivity index is 1.27. The van der Waals surface area contributed by atoms with Crippen LogP contribution < -0.4 is 0 Å². The van der Waals surface area contributed by atoms with Crippen LogP contribution in [0.15, 0.2) is 64.9 Å². The first-order valence-electron chi connectivity index (χ1n) is 10.7. The van der Waals surface area contributed by atoms with Gasteiger partial charge in [-0.25, -0.2) is 17.8 Å². The van der Waals surface area contributed by atoms with Gasteiger partial charge in [-0.3, -0.25) is 9.88 Å². The molecule has 1 saturated heterocycles. The van der Waals surface area contributed by atoms with Gasteiger partial charge in [-0.05, 0) is 43.3 Å². The zero-order valence-electron chi connectivity index (χ0n) is 18.1. The van der Waals surface area contributed by atoms with Crippen LogP contribution >= 0.6 is 11.3 Å². The van der Waals surface area contributed by atoms with Crippen LogP contribution in [0.3, 0.4) is 0 Å². The predicted molar refractivity (Wildman–Crippen MR) is 128 cm³/mol. The highest BCUT2D eigenvalue weighted by molar-refractivity contribution is 7.89. The first-order chi connectivity index (χ1) is 15.9. The number of piperazine rings is 1. The van der Waals surface area contributed by atoms with Crippen LogP contribution in [0.4, 0.5) is 4.39 Å². The fraction of sp³-hybridized carbons (Fsp3) is 0.250. The number of sulfonamides is 1. The number of nitrogens with zero attached hydrogens (tertiary/aromatic N) is 4. The van der Waals surface area contributed by atoms with Crippen molar-refractivity contribution in [2.75, 3.05) is 26.2 Å². The Morgan fingerprint density at radius 2 is 1.73 bits per heavy atom. The molecule has 0 amide bonds. The minimum Gasteiger partial charge on any atom is -0.294 e. The number of hydrogen-bond acceptors (Lipinski definition) is 6. The van der Waals surface area contributed by atoms with Gasteiger partial charge in [-0.15, -0.1) is 11.3 Å². The lowest BCUT2D eigenvalue weighted by Gasteiger charge is -2.33. The van der Waals surface area contributed by atoms with Crippen LogP contribution in [-0.2, 0) is 16.6 Å². The third kappa shape index (κ3) is 4.54. The minimum atomic E-state index is -3.64.